The number of aliphatic hydroxyl groups excluding tert-OH is 3. The van der Waals surface area contributed by atoms with E-state index in [1.54, 1.807) is 0 Å². The Labute approximate surface area is 97.5 Å². The van der Waals surface area contributed by atoms with Crippen molar-refractivity contribution in [1.29, 1.82) is 0 Å². The summed E-state index contributed by atoms with van der Waals surface area (Å²) in [5, 5.41) is 28.3. The third kappa shape index (κ3) is 3.82. The van der Waals surface area contributed by atoms with Crippen molar-refractivity contribution >= 4 is 10.4 Å². The smallest absolute Gasteiger partial charge is 0.387 e. The lowest BCUT2D eigenvalue weighted by Gasteiger charge is -2.39. The van der Waals surface area contributed by atoms with Crippen LogP contribution >= 0.6 is 0 Å². The summed E-state index contributed by atoms with van der Waals surface area (Å²) in [6.45, 7) is -0.156. The molecule has 0 spiro atoms. The Balaban J connectivity index is 2.78. The molecule has 1 unspecified atom stereocenters. The van der Waals surface area contributed by atoms with Gasteiger partial charge in [-0.2, -0.15) is 8.42 Å². The third-order valence-electron chi connectivity index (χ3n) is 2.22. The van der Waals surface area contributed by atoms with E-state index in [9.17, 15) is 23.7 Å². The minimum atomic E-state index is -4.85. The van der Waals surface area contributed by atoms with E-state index in [4.69, 9.17) is 9.29 Å². The molecule has 0 radical (unpaired) electrons. The van der Waals surface area contributed by atoms with Crippen molar-refractivity contribution in [2.24, 2.45) is 0 Å². The number of aliphatic hydroxyl groups is 3. The quantitative estimate of drug-likeness (QED) is 0.401. The largest absolute Gasteiger partial charge is 0.399 e. The maximum atomic E-state index is 10.5. The molecule has 0 aliphatic carbocycles. The number of hydrogen-bond acceptors (Lipinski definition) is 8. The van der Waals surface area contributed by atoms with Crippen LogP contribution < -0.4 is 0 Å². The fraction of sp³-hybridized carbons (Fsp3) is 1.00. The van der Waals surface area contributed by atoms with Crippen molar-refractivity contribution in [2.75, 3.05) is 13.7 Å². The average molecular weight is 274 g/mol. The lowest BCUT2D eigenvalue weighted by molar-refractivity contribution is -0.278. The molecule has 4 N–H and O–H groups in total. The summed E-state index contributed by atoms with van der Waals surface area (Å²) >= 11 is 0. The van der Waals surface area contributed by atoms with E-state index in [-0.39, 0.29) is 6.61 Å². The van der Waals surface area contributed by atoms with Crippen LogP contribution in [0.3, 0.4) is 0 Å². The molecule has 0 amide bonds. The molecule has 0 bridgehead atoms. The molecule has 1 aliphatic rings. The second-order valence-electron chi connectivity index (χ2n) is 3.49. The van der Waals surface area contributed by atoms with Crippen molar-refractivity contribution in [1.82, 2.24) is 0 Å². The van der Waals surface area contributed by atoms with E-state index in [1.807, 2.05) is 0 Å². The Kier molecular flexibility index (Phi) is 4.80. The van der Waals surface area contributed by atoms with E-state index < -0.39 is 41.1 Å². The molecule has 17 heavy (non-hydrogen) atoms. The maximum absolute atomic E-state index is 10.5. The second kappa shape index (κ2) is 5.54. The summed E-state index contributed by atoms with van der Waals surface area (Å²) in [5.74, 6) is 0. The van der Waals surface area contributed by atoms with Gasteiger partial charge in [0.2, 0.25) is 6.29 Å². The van der Waals surface area contributed by atoms with Crippen molar-refractivity contribution in [3.8, 4) is 0 Å². The lowest BCUT2D eigenvalue weighted by atomic mass is 9.99. The Hall–Kier alpha value is -0.330. The van der Waals surface area contributed by atoms with Gasteiger partial charge in [0, 0.05) is 7.11 Å². The summed E-state index contributed by atoms with van der Waals surface area (Å²) in [6.07, 6.45) is -7.88. The van der Waals surface area contributed by atoms with Gasteiger partial charge in [0.1, 0.15) is 24.4 Å². The molecule has 1 fully saturated rings. The first-order chi connectivity index (χ1) is 7.76. The fourth-order valence-electron chi connectivity index (χ4n) is 1.42. The maximum Gasteiger partial charge on any atom is 0.399 e. The summed E-state index contributed by atoms with van der Waals surface area (Å²) in [7, 11) is -3.56. The lowest BCUT2D eigenvalue weighted by Crippen LogP contribution is -2.59. The molecule has 102 valence electrons. The fourth-order valence-corrected chi connectivity index (χ4v) is 1.82. The first kappa shape index (κ1) is 14.7. The average Bonchev–Trinajstić information content (AvgIpc) is 2.20. The minimum absolute atomic E-state index is 0.156. The molecule has 0 aromatic heterocycles. The van der Waals surface area contributed by atoms with Crippen molar-refractivity contribution in [3.05, 3.63) is 0 Å². The molecule has 0 saturated carbocycles. The van der Waals surface area contributed by atoms with Crippen molar-refractivity contribution < 1.29 is 41.9 Å². The number of ether oxygens (including phenoxy) is 2. The van der Waals surface area contributed by atoms with Crippen LogP contribution in [0, 0.1) is 0 Å². The van der Waals surface area contributed by atoms with Gasteiger partial charge >= 0.3 is 10.4 Å². The number of rotatable bonds is 4. The van der Waals surface area contributed by atoms with Gasteiger partial charge in [-0.25, -0.2) is 4.18 Å². The van der Waals surface area contributed by atoms with Crippen LogP contribution in [0.4, 0.5) is 0 Å². The molecular formula is C7H14O9S. The minimum Gasteiger partial charge on any atom is -0.387 e. The first-order valence-electron chi connectivity index (χ1n) is 4.60. The Morgan fingerprint density at radius 1 is 1.18 bits per heavy atom. The zero-order valence-electron chi connectivity index (χ0n) is 8.83. The van der Waals surface area contributed by atoms with E-state index in [2.05, 4.69) is 8.92 Å². The molecular weight excluding hydrogens is 260 g/mol. The van der Waals surface area contributed by atoms with Gasteiger partial charge in [0.25, 0.3) is 0 Å². The van der Waals surface area contributed by atoms with Gasteiger partial charge < -0.3 is 24.8 Å². The van der Waals surface area contributed by atoms with Gasteiger partial charge in [-0.1, -0.05) is 0 Å². The van der Waals surface area contributed by atoms with Crippen LogP contribution in [0.2, 0.25) is 0 Å². The molecule has 10 heteroatoms. The molecule has 1 rings (SSSR count). The standard InChI is InChI=1S/C7H14O9S/c1-14-2-3-4(8)5(9)6(10)7(15-3)16-17(11,12)13/h3-10H,2H2,1H3,(H,11,12,13)/t3-,4+,5+,6-,7?/m1/s1. The van der Waals surface area contributed by atoms with Gasteiger partial charge in [-0.15, -0.1) is 0 Å². The van der Waals surface area contributed by atoms with E-state index in [0.717, 1.165) is 0 Å². The van der Waals surface area contributed by atoms with E-state index >= 15 is 0 Å². The molecule has 1 saturated heterocycles. The summed E-state index contributed by atoms with van der Waals surface area (Å²) in [5.41, 5.74) is 0. The normalized spacial score (nSPS) is 39.2. The highest BCUT2D eigenvalue weighted by Crippen LogP contribution is 2.23. The Bertz CT molecular complexity index is 341. The highest BCUT2D eigenvalue weighted by Gasteiger charge is 2.45. The highest BCUT2D eigenvalue weighted by atomic mass is 32.3. The third-order valence-corrected chi connectivity index (χ3v) is 2.65. The Morgan fingerprint density at radius 3 is 2.24 bits per heavy atom. The van der Waals surface area contributed by atoms with Crippen LogP contribution in [-0.2, 0) is 24.1 Å². The van der Waals surface area contributed by atoms with Crippen LogP contribution in [0.5, 0.6) is 0 Å². The van der Waals surface area contributed by atoms with Crippen LogP contribution in [0.25, 0.3) is 0 Å². The summed E-state index contributed by atoms with van der Waals surface area (Å²) < 4.78 is 42.9. The van der Waals surface area contributed by atoms with Gasteiger partial charge in [-0.3, -0.25) is 4.55 Å². The van der Waals surface area contributed by atoms with Gasteiger partial charge in [-0.05, 0) is 0 Å². The Morgan fingerprint density at radius 2 is 1.76 bits per heavy atom. The zero-order chi connectivity index (χ0) is 13.2. The zero-order valence-corrected chi connectivity index (χ0v) is 9.65. The molecule has 5 atom stereocenters. The predicted molar refractivity (Wildman–Crippen MR) is 51.2 cm³/mol. The molecule has 1 aliphatic heterocycles. The molecule has 0 aromatic rings. The molecule has 9 nitrogen and oxygen atoms in total. The summed E-state index contributed by atoms with van der Waals surface area (Å²) in [4.78, 5) is 0. The van der Waals surface area contributed by atoms with E-state index in [0.29, 0.717) is 0 Å². The van der Waals surface area contributed by atoms with Crippen LogP contribution in [0.15, 0.2) is 0 Å². The topological polar surface area (TPSA) is 143 Å². The van der Waals surface area contributed by atoms with Crippen molar-refractivity contribution in [2.45, 2.75) is 30.7 Å². The molecule has 0 aromatic carbocycles. The van der Waals surface area contributed by atoms with E-state index in [1.165, 1.54) is 7.11 Å². The van der Waals surface area contributed by atoms with Gasteiger partial charge in [0.05, 0.1) is 6.61 Å². The van der Waals surface area contributed by atoms with Crippen LogP contribution in [-0.4, -0.2) is 72.7 Å². The first-order valence-corrected chi connectivity index (χ1v) is 5.97. The van der Waals surface area contributed by atoms with Crippen molar-refractivity contribution in [3.63, 3.8) is 0 Å². The molecule has 1 heterocycles. The summed E-state index contributed by atoms with van der Waals surface area (Å²) in [6, 6.07) is 0. The monoisotopic (exact) mass is 274 g/mol. The number of hydrogen-bond donors (Lipinski definition) is 4. The van der Waals surface area contributed by atoms with Crippen LogP contribution in [0.1, 0.15) is 0 Å². The number of methoxy groups -OCH3 is 1. The van der Waals surface area contributed by atoms with Gasteiger partial charge in [0.15, 0.2) is 0 Å². The second-order valence-corrected chi connectivity index (χ2v) is 4.54. The predicted octanol–water partition coefficient (Wildman–Crippen LogP) is -2.74. The SMILES string of the molecule is COC[C@H]1OC(OS(=O)(=O)O)[C@H](O)[C@@H](O)[C@H]1O. The highest BCUT2D eigenvalue weighted by molar-refractivity contribution is 7.80.